The molecule has 98 valence electrons. The van der Waals surface area contributed by atoms with E-state index in [1.807, 2.05) is 0 Å². The summed E-state index contributed by atoms with van der Waals surface area (Å²) in [5, 5.41) is 8.64. The molecule has 0 bridgehead atoms. The molecule has 0 aromatic rings. The Morgan fingerprint density at radius 3 is 2.82 bits per heavy atom. The van der Waals surface area contributed by atoms with Crippen molar-refractivity contribution in [3.63, 3.8) is 0 Å². The topological polar surface area (TPSA) is 66.8 Å². The van der Waals surface area contributed by atoms with E-state index in [1.54, 1.807) is 11.8 Å². The summed E-state index contributed by atoms with van der Waals surface area (Å²) in [4.78, 5) is 24.2. The quantitative estimate of drug-likeness (QED) is 0.786. The van der Waals surface area contributed by atoms with Gasteiger partial charge in [-0.1, -0.05) is 0 Å². The van der Waals surface area contributed by atoms with Gasteiger partial charge in [0, 0.05) is 26.6 Å². The van der Waals surface area contributed by atoms with Crippen molar-refractivity contribution in [3.05, 3.63) is 0 Å². The highest BCUT2D eigenvalue weighted by atomic mass is 16.5. The van der Waals surface area contributed by atoms with Gasteiger partial charge < -0.3 is 14.7 Å². The van der Waals surface area contributed by atoms with Crippen LogP contribution in [0, 0.1) is 5.92 Å². The highest BCUT2D eigenvalue weighted by Crippen LogP contribution is 2.21. The predicted octanol–water partition coefficient (Wildman–Crippen LogP) is 1.12. The van der Waals surface area contributed by atoms with Crippen LogP contribution < -0.4 is 0 Å². The number of hydrogen-bond acceptors (Lipinski definition) is 3. The van der Waals surface area contributed by atoms with E-state index in [0.29, 0.717) is 18.9 Å². The van der Waals surface area contributed by atoms with Gasteiger partial charge in [0.05, 0.1) is 0 Å². The second-order valence-corrected chi connectivity index (χ2v) is 4.60. The number of amides is 1. The highest BCUT2D eigenvalue weighted by Gasteiger charge is 2.26. The maximum absolute atomic E-state index is 11.9. The summed E-state index contributed by atoms with van der Waals surface area (Å²) in [6.45, 7) is 3.17. The van der Waals surface area contributed by atoms with Crippen LogP contribution in [-0.2, 0) is 14.3 Å². The van der Waals surface area contributed by atoms with Crippen LogP contribution in [0.4, 0.5) is 0 Å². The Hall–Kier alpha value is -1.10. The SMILES string of the molecule is CO[C@@H](C)C(=O)N1CCC[C@@H](CCC(=O)O)C1. The number of rotatable bonds is 5. The number of carboxylic acids is 1. The van der Waals surface area contributed by atoms with Crippen LogP contribution in [0.25, 0.3) is 0 Å². The second kappa shape index (κ2) is 6.59. The van der Waals surface area contributed by atoms with E-state index in [-0.39, 0.29) is 12.3 Å². The lowest BCUT2D eigenvalue weighted by Gasteiger charge is -2.33. The van der Waals surface area contributed by atoms with E-state index < -0.39 is 12.1 Å². The van der Waals surface area contributed by atoms with Crippen LogP contribution in [0.15, 0.2) is 0 Å². The number of piperidine rings is 1. The van der Waals surface area contributed by atoms with Crippen LogP contribution in [-0.4, -0.2) is 48.2 Å². The normalized spacial score (nSPS) is 22.2. The molecule has 5 nitrogen and oxygen atoms in total. The molecule has 1 N–H and O–H groups in total. The molecular formula is C12H21NO4. The number of carbonyl (C=O) groups excluding carboxylic acids is 1. The summed E-state index contributed by atoms with van der Waals surface area (Å²) in [6, 6.07) is 0. The summed E-state index contributed by atoms with van der Waals surface area (Å²) >= 11 is 0. The smallest absolute Gasteiger partial charge is 0.303 e. The molecule has 0 aromatic heterocycles. The number of likely N-dealkylation sites (tertiary alicyclic amines) is 1. The molecule has 1 aliphatic rings. The number of nitrogens with zero attached hydrogens (tertiary/aromatic N) is 1. The molecule has 1 rings (SSSR count). The molecule has 0 unspecified atom stereocenters. The van der Waals surface area contributed by atoms with E-state index in [9.17, 15) is 9.59 Å². The number of ether oxygens (including phenoxy) is 1. The molecule has 0 spiro atoms. The fourth-order valence-corrected chi connectivity index (χ4v) is 2.19. The van der Waals surface area contributed by atoms with Crippen LogP contribution in [0.3, 0.4) is 0 Å². The van der Waals surface area contributed by atoms with Gasteiger partial charge in [0.2, 0.25) is 0 Å². The Labute approximate surface area is 102 Å². The number of carboxylic acid groups (broad SMARTS) is 1. The molecule has 17 heavy (non-hydrogen) atoms. The Morgan fingerprint density at radius 1 is 1.53 bits per heavy atom. The zero-order valence-electron chi connectivity index (χ0n) is 10.5. The first kappa shape index (κ1) is 14.0. The van der Waals surface area contributed by atoms with E-state index in [1.165, 1.54) is 7.11 Å². The van der Waals surface area contributed by atoms with Crippen molar-refractivity contribution in [1.82, 2.24) is 4.90 Å². The van der Waals surface area contributed by atoms with Crippen LogP contribution >= 0.6 is 0 Å². The van der Waals surface area contributed by atoms with E-state index in [2.05, 4.69) is 0 Å². The average Bonchev–Trinajstić information content (AvgIpc) is 2.34. The molecule has 5 heteroatoms. The van der Waals surface area contributed by atoms with Crippen molar-refractivity contribution in [2.75, 3.05) is 20.2 Å². The summed E-state index contributed by atoms with van der Waals surface area (Å²) in [5.41, 5.74) is 0. The van der Waals surface area contributed by atoms with Gasteiger partial charge in [-0.05, 0) is 32.1 Å². The minimum Gasteiger partial charge on any atom is -0.481 e. The van der Waals surface area contributed by atoms with Gasteiger partial charge in [-0.2, -0.15) is 0 Å². The lowest BCUT2D eigenvalue weighted by atomic mass is 9.93. The third-order valence-corrected chi connectivity index (χ3v) is 3.30. The molecular weight excluding hydrogens is 222 g/mol. The number of methoxy groups -OCH3 is 1. The third-order valence-electron chi connectivity index (χ3n) is 3.30. The molecule has 0 saturated carbocycles. The van der Waals surface area contributed by atoms with E-state index in [0.717, 1.165) is 19.4 Å². The minimum absolute atomic E-state index is 0.00697. The zero-order valence-corrected chi connectivity index (χ0v) is 10.5. The fraction of sp³-hybridized carbons (Fsp3) is 0.833. The first-order valence-electron chi connectivity index (χ1n) is 6.08. The Kier molecular flexibility index (Phi) is 5.41. The number of aliphatic carboxylic acids is 1. The van der Waals surface area contributed by atoms with Crippen LogP contribution in [0.2, 0.25) is 0 Å². The van der Waals surface area contributed by atoms with Gasteiger partial charge in [-0.15, -0.1) is 0 Å². The Morgan fingerprint density at radius 2 is 2.24 bits per heavy atom. The maximum Gasteiger partial charge on any atom is 0.303 e. The van der Waals surface area contributed by atoms with Crippen molar-refractivity contribution in [2.45, 2.75) is 38.7 Å². The number of hydrogen-bond donors (Lipinski definition) is 1. The van der Waals surface area contributed by atoms with Gasteiger partial charge in [-0.3, -0.25) is 9.59 Å². The van der Waals surface area contributed by atoms with Gasteiger partial charge in [-0.25, -0.2) is 0 Å². The molecule has 1 saturated heterocycles. The van der Waals surface area contributed by atoms with Gasteiger partial charge in [0.25, 0.3) is 5.91 Å². The standard InChI is InChI=1S/C12H21NO4/c1-9(17-2)12(16)13-7-3-4-10(8-13)5-6-11(14)15/h9-10H,3-8H2,1-2H3,(H,14,15)/t9-,10-/m0/s1. The summed E-state index contributed by atoms with van der Waals surface area (Å²) < 4.78 is 5.01. The fourth-order valence-electron chi connectivity index (χ4n) is 2.19. The largest absolute Gasteiger partial charge is 0.481 e. The Bertz CT molecular complexity index is 280. The maximum atomic E-state index is 11.9. The molecule has 1 amide bonds. The molecule has 1 fully saturated rings. The molecule has 0 aliphatic carbocycles. The minimum atomic E-state index is -0.765. The summed E-state index contributed by atoms with van der Waals surface area (Å²) in [5.74, 6) is -0.445. The molecule has 0 aromatic carbocycles. The monoisotopic (exact) mass is 243 g/mol. The van der Waals surface area contributed by atoms with Gasteiger partial charge in [0.1, 0.15) is 6.10 Å². The van der Waals surface area contributed by atoms with E-state index in [4.69, 9.17) is 9.84 Å². The van der Waals surface area contributed by atoms with Crippen LogP contribution in [0.5, 0.6) is 0 Å². The van der Waals surface area contributed by atoms with Crippen molar-refractivity contribution in [2.24, 2.45) is 5.92 Å². The molecule has 2 atom stereocenters. The van der Waals surface area contributed by atoms with E-state index >= 15 is 0 Å². The lowest BCUT2D eigenvalue weighted by Crippen LogP contribution is -2.44. The first-order valence-corrected chi connectivity index (χ1v) is 6.08. The number of carbonyl (C=O) groups is 2. The second-order valence-electron chi connectivity index (χ2n) is 4.60. The predicted molar refractivity (Wildman–Crippen MR) is 62.6 cm³/mol. The zero-order chi connectivity index (χ0) is 12.8. The molecule has 0 radical (unpaired) electrons. The Balaban J connectivity index is 2.43. The first-order chi connectivity index (χ1) is 8.04. The average molecular weight is 243 g/mol. The van der Waals surface area contributed by atoms with Crippen molar-refractivity contribution < 1.29 is 19.4 Å². The third kappa shape index (κ3) is 4.34. The van der Waals surface area contributed by atoms with Crippen molar-refractivity contribution in [3.8, 4) is 0 Å². The van der Waals surface area contributed by atoms with Crippen molar-refractivity contribution in [1.29, 1.82) is 0 Å². The molecule has 1 aliphatic heterocycles. The highest BCUT2D eigenvalue weighted by molar-refractivity contribution is 5.80. The van der Waals surface area contributed by atoms with Crippen molar-refractivity contribution >= 4 is 11.9 Å². The molecule has 1 heterocycles. The lowest BCUT2D eigenvalue weighted by molar-refractivity contribution is -0.142. The summed E-state index contributed by atoms with van der Waals surface area (Å²) in [7, 11) is 1.52. The van der Waals surface area contributed by atoms with Gasteiger partial charge >= 0.3 is 5.97 Å². The summed E-state index contributed by atoms with van der Waals surface area (Å²) in [6.07, 6.45) is 2.39. The van der Waals surface area contributed by atoms with Gasteiger partial charge in [0.15, 0.2) is 0 Å². The van der Waals surface area contributed by atoms with Crippen LogP contribution in [0.1, 0.15) is 32.6 Å².